The Balaban J connectivity index is 4.02. The molecule has 0 rings (SSSR count). The summed E-state index contributed by atoms with van der Waals surface area (Å²) in [6.07, 6.45) is 10.3. The van der Waals surface area contributed by atoms with Crippen LogP contribution in [0.1, 0.15) is 0 Å². The molecule has 0 aliphatic carbocycles. The molecule has 0 bridgehead atoms. The van der Waals surface area contributed by atoms with Crippen molar-refractivity contribution < 1.29 is 0 Å². The number of hydrogen-bond donors (Lipinski definition) is 0. The molecule has 0 heterocycles. The topological polar surface area (TPSA) is 0 Å². The standard InChI is InChI=1S/C8H8Cl2/c1-3-7(5-9)8(4-2)6-10/h1-2,7-8H,5-6H2. The summed E-state index contributed by atoms with van der Waals surface area (Å²) in [6, 6.07) is 0. The summed E-state index contributed by atoms with van der Waals surface area (Å²) in [5.74, 6) is 5.55. The van der Waals surface area contributed by atoms with Gasteiger partial charge in [0.25, 0.3) is 0 Å². The number of rotatable bonds is 3. The van der Waals surface area contributed by atoms with Gasteiger partial charge in [-0.05, 0) is 0 Å². The minimum absolute atomic E-state index is 0.0934. The first-order chi connectivity index (χ1) is 4.79. The Morgan fingerprint density at radius 3 is 1.40 bits per heavy atom. The Morgan fingerprint density at radius 2 is 1.30 bits per heavy atom. The minimum Gasteiger partial charge on any atom is -0.125 e. The summed E-state index contributed by atoms with van der Waals surface area (Å²) >= 11 is 11.0. The van der Waals surface area contributed by atoms with E-state index in [0.29, 0.717) is 11.8 Å². The third kappa shape index (κ3) is 2.53. The lowest BCUT2D eigenvalue weighted by Crippen LogP contribution is -2.14. The van der Waals surface area contributed by atoms with Crippen LogP contribution in [0.5, 0.6) is 0 Å². The van der Waals surface area contributed by atoms with Crippen LogP contribution in [0.4, 0.5) is 0 Å². The molecule has 0 nitrogen and oxygen atoms in total. The molecule has 0 fully saturated rings. The van der Waals surface area contributed by atoms with Crippen LogP contribution in [-0.2, 0) is 0 Å². The predicted octanol–water partition coefficient (Wildman–Crippen LogP) is 1.96. The number of halogens is 2. The lowest BCUT2D eigenvalue weighted by atomic mass is 9.98. The van der Waals surface area contributed by atoms with Gasteiger partial charge in [-0.2, -0.15) is 0 Å². The van der Waals surface area contributed by atoms with Crippen LogP contribution >= 0.6 is 23.2 Å². The number of alkyl halides is 2. The van der Waals surface area contributed by atoms with Crippen LogP contribution in [0.2, 0.25) is 0 Å². The summed E-state index contributed by atoms with van der Waals surface area (Å²) in [5, 5.41) is 0. The summed E-state index contributed by atoms with van der Waals surface area (Å²) in [7, 11) is 0. The quantitative estimate of drug-likeness (QED) is 0.454. The van der Waals surface area contributed by atoms with Crippen molar-refractivity contribution in [2.45, 2.75) is 0 Å². The van der Waals surface area contributed by atoms with Gasteiger partial charge in [-0.1, -0.05) is 0 Å². The molecule has 0 saturated heterocycles. The Morgan fingerprint density at radius 1 is 1.00 bits per heavy atom. The van der Waals surface area contributed by atoms with Crippen molar-refractivity contribution in [2.75, 3.05) is 11.8 Å². The van der Waals surface area contributed by atoms with Crippen LogP contribution in [-0.4, -0.2) is 11.8 Å². The highest BCUT2D eigenvalue weighted by atomic mass is 35.5. The summed E-state index contributed by atoms with van der Waals surface area (Å²) in [4.78, 5) is 0. The normalized spacial score (nSPS) is 14.8. The zero-order valence-electron chi connectivity index (χ0n) is 5.48. The van der Waals surface area contributed by atoms with Crippen LogP contribution in [0.15, 0.2) is 0 Å². The van der Waals surface area contributed by atoms with E-state index in [1.54, 1.807) is 0 Å². The second-order valence-electron chi connectivity index (χ2n) is 1.85. The average Bonchev–Trinajstić information content (AvgIpc) is 2.00. The molecule has 54 valence electrons. The molecule has 0 aliphatic heterocycles. The molecular weight excluding hydrogens is 167 g/mol. The highest BCUT2D eigenvalue weighted by Gasteiger charge is 2.14. The minimum atomic E-state index is -0.0934. The molecule has 0 saturated carbocycles. The molecule has 2 heteroatoms. The highest BCUT2D eigenvalue weighted by Crippen LogP contribution is 2.13. The zero-order chi connectivity index (χ0) is 7.98. The highest BCUT2D eigenvalue weighted by molar-refractivity contribution is 6.19. The Kier molecular flexibility index (Phi) is 5.32. The summed E-state index contributed by atoms with van der Waals surface area (Å²) in [6.45, 7) is 0. The van der Waals surface area contributed by atoms with Gasteiger partial charge in [0, 0.05) is 23.6 Å². The Bertz CT molecular complexity index is 141. The van der Waals surface area contributed by atoms with Crippen molar-refractivity contribution >= 4 is 23.2 Å². The Hall–Kier alpha value is -0.300. The molecule has 0 spiro atoms. The lowest BCUT2D eigenvalue weighted by molar-refractivity contribution is 0.608. The van der Waals surface area contributed by atoms with Crippen molar-refractivity contribution in [3.05, 3.63) is 0 Å². The van der Waals surface area contributed by atoms with E-state index >= 15 is 0 Å². The maximum Gasteiger partial charge on any atom is 0.0484 e. The first kappa shape index (κ1) is 9.70. The zero-order valence-corrected chi connectivity index (χ0v) is 6.99. The van der Waals surface area contributed by atoms with E-state index in [4.69, 9.17) is 36.0 Å². The third-order valence-electron chi connectivity index (χ3n) is 1.25. The molecular formula is C8H8Cl2. The average molecular weight is 175 g/mol. The molecule has 0 amide bonds. The van der Waals surface area contributed by atoms with Gasteiger partial charge in [0.05, 0.1) is 0 Å². The fourth-order valence-corrected chi connectivity index (χ4v) is 1.14. The lowest BCUT2D eigenvalue weighted by Gasteiger charge is -2.10. The van der Waals surface area contributed by atoms with Gasteiger partial charge in [0.15, 0.2) is 0 Å². The monoisotopic (exact) mass is 174 g/mol. The Labute approximate surface area is 71.9 Å². The fraction of sp³-hybridized carbons (Fsp3) is 0.500. The number of terminal acetylenes is 2. The third-order valence-corrected chi connectivity index (χ3v) is 1.91. The van der Waals surface area contributed by atoms with E-state index in [-0.39, 0.29) is 11.8 Å². The molecule has 2 atom stereocenters. The van der Waals surface area contributed by atoms with Crippen LogP contribution in [0, 0.1) is 36.5 Å². The molecule has 0 aromatic carbocycles. The van der Waals surface area contributed by atoms with Gasteiger partial charge in [0.1, 0.15) is 0 Å². The maximum atomic E-state index is 5.52. The van der Waals surface area contributed by atoms with Crippen molar-refractivity contribution in [3.8, 4) is 24.7 Å². The van der Waals surface area contributed by atoms with E-state index in [0.717, 1.165) is 0 Å². The molecule has 10 heavy (non-hydrogen) atoms. The molecule has 2 unspecified atom stereocenters. The van der Waals surface area contributed by atoms with Gasteiger partial charge < -0.3 is 0 Å². The second-order valence-corrected chi connectivity index (χ2v) is 2.47. The van der Waals surface area contributed by atoms with Crippen molar-refractivity contribution in [3.63, 3.8) is 0 Å². The number of hydrogen-bond acceptors (Lipinski definition) is 0. The van der Waals surface area contributed by atoms with Crippen LogP contribution in [0.3, 0.4) is 0 Å². The first-order valence-electron chi connectivity index (χ1n) is 2.84. The van der Waals surface area contributed by atoms with E-state index in [9.17, 15) is 0 Å². The van der Waals surface area contributed by atoms with E-state index < -0.39 is 0 Å². The van der Waals surface area contributed by atoms with Gasteiger partial charge in [-0.25, -0.2) is 0 Å². The van der Waals surface area contributed by atoms with E-state index in [2.05, 4.69) is 11.8 Å². The summed E-state index contributed by atoms with van der Waals surface area (Å²) < 4.78 is 0. The van der Waals surface area contributed by atoms with Gasteiger partial charge >= 0.3 is 0 Å². The first-order valence-corrected chi connectivity index (χ1v) is 3.91. The smallest absolute Gasteiger partial charge is 0.0484 e. The van der Waals surface area contributed by atoms with E-state index in [1.807, 2.05) is 0 Å². The van der Waals surface area contributed by atoms with Gasteiger partial charge in [-0.15, -0.1) is 47.9 Å². The van der Waals surface area contributed by atoms with Crippen molar-refractivity contribution in [2.24, 2.45) is 11.8 Å². The largest absolute Gasteiger partial charge is 0.125 e. The summed E-state index contributed by atoms with van der Waals surface area (Å²) in [5.41, 5.74) is 0. The maximum absolute atomic E-state index is 5.52. The molecule has 0 radical (unpaired) electrons. The van der Waals surface area contributed by atoms with Crippen LogP contribution < -0.4 is 0 Å². The molecule has 0 aliphatic rings. The van der Waals surface area contributed by atoms with Gasteiger partial charge in [-0.3, -0.25) is 0 Å². The molecule has 0 aromatic heterocycles. The van der Waals surface area contributed by atoms with Crippen molar-refractivity contribution in [1.82, 2.24) is 0 Å². The second kappa shape index (κ2) is 5.48. The van der Waals surface area contributed by atoms with E-state index in [1.165, 1.54) is 0 Å². The predicted molar refractivity (Wildman–Crippen MR) is 46.1 cm³/mol. The SMILES string of the molecule is C#CC(CCl)C(C#C)CCl. The fourth-order valence-electron chi connectivity index (χ4n) is 0.536. The van der Waals surface area contributed by atoms with Crippen molar-refractivity contribution in [1.29, 1.82) is 0 Å². The van der Waals surface area contributed by atoms with Crippen LogP contribution in [0.25, 0.3) is 0 Å². The molecule has 0 aromatic rings. The molecule has 0 N–H and O–H groups in total. The van der Waals surface area contributed by atoms with Gasteiger partial charge in [0.2, 0.25) is 0 Å².